The van der Waals surface area contributed by atoms with E-state index < -0.39 is 39.8 Å². The number of nitrogens with zero attached hydrogens (tertiary/aromatic N) is 1. The molecule has 0 aliphatic carbocycles. The van der Waals surface area contributed by atoms with Crippen LogP contribution < -0.4 is 10.0 Å². The Bertz CT molecular complexity index is 887. The monoisotopic (exact) mass is 387 g/mol. The number of anilines is 1. The fourth-order valence-corrected chi connectivity index (χ4v) is 4.72. The van der Waals surface area contributed by atoms with Crippen LogP contribution in [0.25, 0.3) is 0 Å². The molecule has 1 amide bonds. The highest BCUT2D eigenvalue weighted by Crippen LogP contribution is 2.30. The summed E-state index contributed by atoms with van der Waals surface area (Å²) < 4.78 is 54.3. The number of likely N-dealkylation sites (N-methyl/N-ethyl adjacent to an activating group) is 1. The van der Waals surface area contributed by atoms with Crippen molar-refractivity contribution >= 4 is 33.1 Å². The lowest BCUT2D eigenvalue weighted by Gasteiger charge is -2.35. The second-order valence-corrected chi connectivity index (χ2v) is 8.32. The molecule has 6 nitrogen and oxygen atoms in total. The average molecular weight is 387 g/mol. The molecule has 1 saturated heterocycles. The lowest BCUT2D eigenvalue weighted by molar-refractivity contribution is -0.120. The number of rotatable bonds is 3. The van der Waals surface area contributed by atoms with E-state index in [0.29, 0.717) is 0 Å². The molecule has 25 heavy (non-hydrogen) atoms. The van der Waals surface area contributed by atoms with Crippen molar-refractivity contribution in [2.75, 3.05) is 12.4 Å². The summed E-state index contributed by atoms with van der Waals surface area (Å²) in [6.45, 7) is 0. The molecule has 0 spiro atoms. The molecule has 1 aromatic heterocycles. The third-order valence-corrected chi connectivity index (χ3v) is 6.53. The van der Waals surface area contributed by atoms with Crippen molar-refractivity contribution in [3.05, 3.63) is 52.2 Å². The Morgan fingerprint density at radius 3 is 2.72 bits per heavy atom. The number of hydrogen-bond acceptors (Lipinski definition) is 4. The molecule has 3 rings (SSSR count). The van der Waals surface area contributed by atoms with Gasteiger partial charge in [-0.2, -0.15) is 17.4 Å². The van der Waals surface area contributed by atoms with Crippen LogP contribution in [0.15, 0.2) is 35.7 Å². The van der Waals surface area contributed by atoms with Crippen LogP contribution >= 0.6 is 11.3 Å². The number of benzene rings is 1. The van der Waals surface area contributed by atoms with E-state index in [1.807, 2.05) is 5.38 Å². The molecule has 10 heteroatoms. The molecule has 1 aliphatic heterocycles. The molecule has 2 N–H and O–H groups in total. The summed E-state index contributed by atoms with van der Waals surface area (Å²) >= 11 is 1.38. The minimum atomic E-state index is -3.84. The van der Waals surface area contributed by atoms with Crippen molar-refractivity contribution in [1.29, 1.82) is 0 Å². The summed E-state index contributed by atoms with van der Waals surface area (Å²) in [5.74, 6) is -2.74. The predicted octanol–water partition coefficient (Wildman–Crippen LogP) is 2.24. The van der Waals surface area contributed by atoms with Gasteiger partial charge in [0.25, 0.3) is 10.2 Å². The normalized spacial score (nSPS) is 23.3. The van der Waals surface area contributed by atoms with E-state index in [1.165, 1.54) is 24.5 Å². The highest BCUT2D eigenvalue weighted by molar-refractivity contribution is 7.87. The zero-order valence-electron chi connectivity index (χ0n) is 13.1. The molecule has 134 valence electrons. The first-order valence-corrected chi connectivity index (χ1v) is 9.64. The van der Waals surface area contributed by atoms with Gasteiger partial charge in [0.1, 0.15) is 6.04 Å². The van der Waals surface area contributed by atoms with Gasteiger partial charge in [-0.1, -0.05) is 6.07 Å². The zero-order chi connectivity index (χ0) is 18.2. The Hall–Kier alpha value is -1.88. The molecule has 2 aromatic rings. The highest BCUT2D eigenvalue weighted by Gasteiger charge is 2.40. The average Bonchev–Trinajstić information content (AvgIpc) is 3.07. The van der Waals surface area contributed by atoms with Crippen LogP contribution in [0, 0.1) is 11.6 Å². The second kappa shape index (κ2) is 6.79. The lowest BCUT2D eigenvalue weighted by atomic mass is 10.1. The van der Waals surface area contributed by atoms with Gasteiger partial charge >= 0.3 is 0 Å². The van der Waals surface area contributed by atoms with Crippen molar-refractivity contribution in [3.63, 3.8) is 0 Å². The summed E-state index contributed by atoms with van der Waals surface area (Å²) in [7, 11) is -2.55. The number of hydrogen-bond donors (Lipinski definition) is 2. The van der Waals surface area contributed by atoms with Crippen LogP contribution in [0.4, 0.5) is 14.5 Å². The van der Waals surface area contributed by atoms with Crippen LogP contribution in [-0.4, -0.2) is 31.7 Å². The molecule has 2 heterocycles. The zero-order valence-corrected chi connectivity index (χ0v) is 14.7. The van der Waals surface area contributed by atoms with Gasteiger partial charge < -0.3 is 5.32 Å². The van der Waals surface area contributed by atoms with Gasteiger partial charge in [0.2, 0.25) is 5.91 Å². The molecular weight excluding hydrogens is 372 g/mol. The Morgan fingerprint density at radius 2 is 2.08 bits per heavy atom. The number of amides is 1. The van der Waals surface area contributed by atoms with Crippen LogP contribution in [0.2, 0.25) is 0 Å². The van der Waals surface area contributed by atoms with Crippen molar-refractivity contribution < 1.29 is 22.0 Å². The standard InChI is InChI=1S/C15H15F2N3O3S2/c1-20-13(15(21)18-9-4-5-10(16)11(17)7-9)8-12(19-25(20,22)23)14-3-2-6-24-14/h2-7,12-13,19H,8H2,1H3,(H,18,21)/t12-,13+/m1/s1. The first-order chi connectivity index (χ1) is 11.8. The van der Waals surface area contributed by atoms with E-state index in [0.717, 1.165) is 21.3 Å². The molecular formula is C15H15F2N3O3S2. The molecule has 0 unspecified atom stereocenters. The van der Waals surface area contributed by atoms with Crippen LogP contribution in [0.3, 0.4) is 0 Å². The summed E-state index contributed by atoms with van der Waals surface area (Å²) in [6, 6.07) is 5.02. The fraction of sp³-hybridized carbons (Fsp3) is 0.267. The molecule has 0 radical (unpaired) electrons. The summed E-state index contributed by atoms with van der Waals surface area (Å²) in [5, 5.41) is 4.26. The Balaban J connectivity index is 1.83. The first-order valence-electron chi connectivity index (χ1n) is 7.32. The van der Waals surface area contributed by atoms with Crippen molar-refractivity contribution in [3.8, 4) is 0 Å². The van der Waals surface area contributed by atoms with E-state index in [9.17, 15) is 22.0 Å². The number of halogens is 2. The van der Waals surface area contributed by atoms with Gasteiger partial charge in [0, 0.05) is 23.7 Å². The number of thiophene rings is 1. The molecule has 2 atom stereocenters. The topological polar surface area (TPSA) is 78.5 Å². The van der Waals surface area contributed by atoms with Crippen LogP contribution in [0.1, 0.15) is 17.3 Å². The molecule has 1 aliphatic rings. The lowest BCUT2D eigenvalue weighted by Crippen LogP contribution is -2.55. The molecule has 0 saturated carbocycles. The maximum Gasteiger partial charge on any atom is 0.280 e. The van der Waals surface area contributed by atoms with Crippen LogP contribution in [0.5, 0.6) is 0 Å². The largest absolute Gasteiger partial charge is 0.325 e. The molecule has 1 fully saturated rings. The van der Waals surface area contributed by atoms with Gasteiger partial charge in [-0.05, 0) is 30.0 Å². The van der Waals surface area contributed by atoms with Crippen LogP contribution in [-0.2, 0) is 15.0 Å². The predicted molar refractivity (Wildman–Crippen MR) is 90.3 cm³/mol. The molecule has 1 aromatic carbocycles. The van der Waals surface area contributed by atoms with E-state index in [4.69, 9.17) is 0 Å². The van der Waals surface area contributed by atoms with E-state index in [1.54, 1.807) is 12.1 Å². The minimum absolute atomic E-state index is 0.0564. The smallest absolute Gasteiger partial charge is 0.280 e. The number of carbonyl (C=O) groups excluding carboxylic acids is 1. The Kier molecular flexibility index (Phi) is 4.87. The highest BCUT2D eigenvalue weighted by atomic mass is 32.2. The van der Waals surface area contributed by atoms with Gasteiger partial charge in [-0.15, -0.1) is 11.3 Å². The SMILES string of the molecule is CN1[C@H](C(=O)Nc2ccc(F)c(F)c2)C[C@H](c2cccs2)NS1(=O)=O. The molecule has 0 bridgehead atoms. The summed E-state index contributed by atoms with van der Waals surface area (Å²) in [6.07, 6.45) is 0.214. The summed E-state index contributed by atoms with van der Waals surface area (Å²) in [5.41, 5.74) is 0.0564. The van der Waals surface area contributed by atoms with E-state index in [2.05, 4.69) is 10.0 Å². The number of carbonyl (C=O) groups is 1. The van der Waals surface area contributed by atoms with Gasteiger partial charge in [0.15, 0.2) is 11.6 Å². The minimum Gasteiger partial charge on any atom is -0.325 e. The third kappa shape index (κ3) is 3.71. The first kappa shape index (κ1) is 17.9. The van der Waals surface area contributed by atoms with E-state index in [-0.39, 0.29) is 12.1 Å². The third-order valence-electron chi connectivity index (χ3n) is 3.94. The van der Waals surface area contributed by atoms with Gasteiger partial charge in [-0.3, -0.25) is 4.79 Å². The maximum absolute atomic E-state index is 13.3. The number of nitrogens with one attached hydrogen (secondary N) is 2. The fourth-order valence-electron chi connectivity index (χ4n) is 2.59. The van der Waals surface area contributed by atoms with E-state index >= 15 is 0 Å². The Morgan fingerprint density at radius 1 is 1.32 bits per heavy atom. The van der Waals surface area contributed by atoms with Crippen molar-refractivity contribution in [1.82, 2.24) is 9.03 Å². The van der Waals surface area contributed by atoms with Crippen molar-refractivity contribution in [2.24, 2.45) is 0 Å². The quantitative estimate of drug-likeness (QED) is 0.848. The maximum atomic E-state index is 13.3. The second-order valence-electron chi connectivity index (χ2n) is 5.58. The van der Waals surface area contributed by atoms with Gasteiger partial charge in [-0.25, -0.2) is 8.78 Å². The summed E-state index contributed by atoms with van der Waals surface area (Å²) in [4.78, 5) is 13.3. The Labute approximate surface area is 147 Å². The van der Waals surface area contributed by atoms with Crippen molar-refractivity contribution in [2.45, 2.75) is 18.5 Å². The van der Waals surface area contributed by atoms with Gasteiger partial charge in [0.05, 0.1) is 6.04 Å².